The highest BCUT2D eigenvalue weighted by Gasteiger charge is 2.38. The number of nitriles is 1. The van der Waals surface area contributed by atoms with Crippen LogP contribution >= 0.6 is 0 Å². The molecule has 0 aliphatic carbocycles. The van der Waals surface area contributed by atoms with E-state index in [9.17, 15) is 5.26 Å². The molecule has 146 valence electrons. The minimum absolute atomic E-state index is 0.223. The third kappa shape index (κ3) is 2.78. The largest absolute Gasteiger partial charge is 0.467 e. The normalized spacial score (nSPS) is 19.6. The van der Waals surface area contributed by atoms with Gasteiger partial charge in [-0.15, -0.1) is 0 Å². The summed E-state index contributed by atoms with van der Waals surface area (Å²) in [4.78, 5) is 11.3. The molecule has 5 rings (SSSR count). The van der Waals surface area contributed by atoms with Crippen molar-refractivity contribution in [1.82, 2.24) is 19.7 Å². The Morgan fingerprint density at radius 3 is 2.97 bits per heavy atom. The summed E-state index contributed by atoms with van der Waals surface area (Å²) in [5, 5.41) is 14.3. The molecule has 2 bridgehead atoms. The summed E-state index contributed by atoms with van der Waals surface area (Å²) in [7, 11) is 1.77. The third-order valence-electron chi connectivity index (χ3n) is 5.61. The maximum absolute atomic E-state index is 9.69. The molecule has 2 N–H and O–H groups in total. The van der Waals surface area contributed by atoms with Gasteiger partial charge in [0.05, 0.1) is 29.2 Å². The maximum atomic E-state index is 9.69. The average molecular weight is 387 g/mol. The molecule has 8 heteroatoms. The highest BCUT2D eigenvalue weighted by atomic mass is 16.5. The molecule has 8 nitrogen and oxygen atoms in total. The molecule has 1 saturated heterocycles. The van der Waals surface area contributed by atoms with Gasteiger partial charge in [-0.25, -0.2) is 9.97 Å². The molecule has 0 saturated carbocycles. The highest BCUT2D eigenvalue weighted by molar-refractivity contribution is 5.70. The van der Waals surface area contributed by atoms with Crippen molar-refractivity contribution >= 4 is 11.5 Å². The summed E-state index contributed by atoms with van der Waals surface area (Å²) in [6.45, 7) is 5.00. The van der Waals surface area contributed by atoms with E-state index in [0.29, 0.717) is 23.0 Å². The van der Waals surface area contributed by atoms with E-state index in [-0.39, 0.29) is 17.8 Å². The van der Waals surface area contributed by atoms with Crippen LogP contribution in [0, 0.1) is 18.3 Å². The first kappa shape index (κ1) is 17.5. The van der Waals surface area contributed by atoms with Crippen LogP contribution in [0.5, 0.6) is 5.88 Å². The first-order chi connectivity index (χ1) is 14.0. The molecule has 0 spiro atoms. The number of benzene rings is 1. The Bertz CT molecular complexity index is 1180. The smallest absolute Gasteiger partial charge is 0.258 e. The van der Waals surface area contributed by atoms with Crippen LogP contribution in [0.15, 0.2) is 24.4 Å². The second-order valence-electron chi connectivity index (χ2n) is 7.68. The number of rotatable bonds is 0. The number of ether oxygens (including phenoxy) is 1. The van der Waals surface area contributed by atoms with E-state index in [0.717, 1.165) is 29.9 Å². The van der Waals surface area contributed by atoms with Crippen LogP contribution in [0.3, 0.4) is 0 Å². The number of hydrogen-bond acceptors (Lipinski definition) is 7. The Kier molecular flexibility index (Phi) is 3.74. The molecule has 3 aromatic rings. The van der Waals surface area contributed by atoms with Crippen LogP contribution < -0.4 is 15.4 Å². The van der Waals surface area contributed by atoms with Gasteiger partial charge in [-0.1, -0.05) is 17.7 Å². The summed E-state index contributed by atoms with van der Waals surface area (Å²) in [6.07, 6.45) is 2.07. The predicted molar refractivity (Wildman–Crippen MR) is 108 cm³/mol. The van der Waals surface area contributed by atoms with Gasteiger partial charge in [-0.05, 0) is 19.9 Å². The van der Waals surface area contributed by atoms with E-state index in [1.807, 2.05) is 6.92 Å². The maximum Gasteiger partial charge on any atom is 0.258 e. The van der Waals surface area contributed by atoms with Gasteiger partial charge in [-0.3, -0.25) is 4.68 Å². The fourth-order valence-corrected chi connectivity index (χ4v) is 4.07. The van der Waals surface area contributed by atoms with E-state index in [1.54, 1.807) is 17.9 Å². The molecule has 0 amide bonds. The molecule has 2 aliphatic rings. The zero-order valence-electron chi connectivity index (χ0n) is 16.5. The quantitative estimate of drug-likeness (QED) is 0.591. The topological polar surface area (TPSA) is 106 Å². The summed E-state index contributed by atoms with van der Waals surface area (Å²) >= 11 is 0. The second-order valence-corrected chi connectivity index (χ2v) is 7.68. The Hall–Kier alpha value is -3.60. The minimum atomic E-state index is -0.249. The fraction of sp³-hybridized carbons (Fsp3) is 0.333. The predicted octanol–water partition coefficient (Wildman–Crippen LogP) is 2.52. The van der Waals surface area contributed by atoms with Gasteiger partial charge < -0.3 is 15.4 Å². The highest BCUT2D eigenvalue weighted by Crippen LogP contribution is 2.40. The third-order valence-corrected chi connectivity index (χ3v) is 5.61. The van der Waals surface area contributed by atoms with Crippen molar-refractivity contribution in [2.24, 2.45) is 7.05 Å². The Labute approximate surface area is 168 Å². The van der Waals surface area contributed by atoms with Crippen LogP contribution in [0.25, 0.3) is 11.3 Å². The number of nitrogen functional groups attached to an aromatic ring is 1. The number of hydrogen-bond donors (Lipinski definition) is 1. The summed E-state index contributed by atoms with van der Waals surface area (Å²) in [5.41, 5.74) is 12.0. The number of fused-ring (bicyclic) bond motifs is 7. The van der Waals surface area contributed by atoms with Gasteiger partial charge in [0, 0.05) is 31.3 Å². The SMILES string of the molecule is Cc1ccc2c(c1)[C@@H](C)Oc1nc(cnc1N)-c1c(nn(C)c1C#N)CC1CN21. The molecule has 0 radical (unpaired) electrons. The van der Waals surface area contributed by atoms with E-state index >= 15 is 0 Å². The molecule has 2 aliphatic heterocycles. The van der Waals surface area contributed by atoms with Crippen molar-refractivity contribution in [3.63, 3.8) is 0 Å². The van der Waals surface area contributed by atoms with Gasteiger partial charge in [0.15, 0.2) is 5.82 Å². The summed E-state index contributed by atoms with van der Waals surface area (Å²) in [5.74, 6) is 0.490. The first-order valence-electron chi connectivity index (χ1n) is 9.59. The number of nitrogens with two attached hydrogens (primary N) is 1. The minimum Gasteiger partial charge on any atom is -0.467 e. The van der Waals surface area contributed by atoms with E-state index in [2.05, 4.69) is 51.2 Å². The molecule has 4 heterocycles. The average Bonchev–Trinajstić information content (AvgIpc) is 3.37. The number of aryl methyl sites for hydroxylation is 2. The summed E-state index contributed by atoms with van der Waals surface area (Å²) < 4.78 is 7.77. The lowest BCUT2D eigenvalue weighted by molar-refractivity contribution is 0.219. The molecule has 2 atom stereocenters. The Morgan fingerprint density at radius 1 is 1.34 bits per heavy atom. The van der Waals surface area contributed by atoms with Crippen molar-refractivity contribution in [3.05, 3.63) is 46.9 Å². The monoisotopic (exact) mass is 387 g/mol. The van der Waals surface area contributed by atoms with Gasteiger partial charge in [-0.2, -0.15) is 10.4 Å². The Morgan fingerprint density at radius 2 is 2.17 bits per heavy atom. The molecule has 2 aromatic heterocycles. The lowest BCUT2D eigenvalue weighted by Crippen LogP contribution is -2.13. The van der Waals surface area contributed by atoms with Crippen molar-refractivity contribution in [2.75, 3.05) is 17.2 Å². The fourth-order valence-electron chi connectivity index (χ4n) is 4.07. The molecule has 1 unspecified atom stereocenters. The molecular weight excluding hydrogens is 366 g/mol. The molecular formula is C21H21N7O. The van der Waals surface area contributed by atoms with Crippen molar-refractivity contribution in [1.29, 1.82) is 5.26 Å². The second kappa shape index (κ2) is 6.21. The van der Waals surface area contributed by atoms with Gasteiger partial charge >= 0.3 is 0 Å². The standard InChI is InChI=1S/C21H21N7O/c1-11-4-5-17-14(6-11)12(2)29-21-20(23)24-9-16(25-21)19-15(7-13-10-28(13)17)26-27(3)18(19)8-22/h4-6,9,12-13H,7,10H2,1-3H3,(H2,23,24)/t12-,13?,28?/m1/s1. The zero-order valence-corrected chi connectivity index (χ0v) is 16.5. The van der Waals surface area contributed by atoms with Gasteiger partial charge in [0.2, 0.25) is 0 Å². The van der Waals surface area contributed by atoms with Crippen LogP contribution in [0.4, 0.5) is 11.5 Å². The number of anilines is 2. The molecule has 1 aromatic carbocycles. The van der Waals surface area contributed by atoms with Gasteiger partial charge in [0.1, 0.15) is 17.9 Å². The number of aromatic nitrogens is 4. The van der Waals surface area contributed by atoms with Crippen LogP contribution in [0.2, 0.25) is 0 Å². The number of nitrogens with zero attached hydrogens (tertiary/aromatic N) is 6. The van der Waals surface area contributed by atoms with E-state index in [4.69, 9.17) is 10.5 Å². The lowest BCUT2D eigenvalue weighted by Gasteiger charge is -2.21. The van der Waals surface area contributed by atoms with Crippen molar-refractivity contribution in [2.45, 2.75) is 32.4 Å². The van der Waals surface area contributed by atoms with Gasteiger partial charge in [0.25, 0.3) is 5.88 Å². The summed E-state index contributed by atoms with van der Waals surface area (Å²) in [6, 6.07) is 8.97. The molecule has 29 heavy (non-hydrogen) atoms. The van der Waals surface area contributed by atoms with Crippen molar-refractivity contribution < 1.29 is 4.74 Å². The van der Waals surface area contributed by atoms with E-state index in [1.165, 1.54) is 5.56 Å². The van der Waals surface area contributed by atoms with Crippen LogP contribution in [-0.2, 0) is 13.5 Å². The van der Waals surface area contributed by atoms with Crippen LogP contribution in [0.1, 0.15) is 35.5 Å². The lowest BCUT2D eigenvalue weighted by atomic mass is 10.0. The first-order valence-corrected chi connectivity index (χ1v) is 9.59. The zero-order chi connectivity index (χ0) is 20.3. The van der Waals surface area contributed by atoms with Crippen molar-refractivity contribution in [3.8, 4) is 23.2 Å². The van der Waals surface area contributed by atoms with Crippen LogP contribution in [-0.4, -0.2) is 32.3 Å². The Balaban J connectivity index is 1.72. The van der Waals surface area contributed by atoms with E-state index < -0.39 is 0 Å². The molecule has 1 fully saturated rings.